The van der Waals surface area contributed by atoms with Crippen LogP contribution in [0.25, 0.3) is 0 Å². The maximum absolute atomic E-state index is 11.1. The van der Waals surface area contributed by atoms with Crippen molar-refractivity contribution in [3.8, 4) is 5.75 Å². The van der Waals surface area contributed by atoms with E-state index in [9.17, 15) is 4.79 Å². The van der Waals surface area contributed by atoms with Gasteiger partial charge in [0.15, 0.2) is 0 Å². The van der Waals surface area contributed by atoms with Gasteiger partial charge in [0.2, 0.25) is 0 Å². The molecule has 0 saturated carbocycles. The molecule has 1 unspecified atom stereocenters. The second-order valence-electron chi connectivity index (χ2n) is 2.89. The quantitative estimate of drug-likeness (QED) is 0.628. The number of para-hydroxylation sites is 1. The number of ether oxygens (including phenoxy) is 3. The van der Waals surface area contributed by atoms with Crippen LogP contribution in [0, 0.1) is 0 Å². The number of hydrogen-bond donors (Lipinski definition) is 0. The van der Waals surface area contributed by atoms with Crippen molar-refractivity contribution in [1.29, 1.82) is 0 Å². The molecule has 0 aromatic heterocycles. The second kappa shape index (κ2) is 3.67. The van der Waals surface area contributed by atoms with Gasteiger partial charge in [-0.05, 0) is 6.07 Å². The molecule has 0 radical (unpaired) electrons. The highest BCUT2D eigenvalue weighted by molar-refractivity contribution is 5.73. The Bertz CT molecular complexity index is 348. The van der Waals surface area contributed by atoms with Crippen molar-refractivity contribution < 1.29 is 19.0 Å². The number of methoxy groups -OCH3 is 1. The van der Waals surface area contributed by atoms with Crippen molar-refractivity contribution in [2.75, 3.05) is 7.11 Å². The normalized spacial score (nSPS) is 19.4. The van der Waals surface area contributed by atoms with Gasteiger partial charge in [-0.3, -0.25) is 0 Å². The summed E-state index contributed by atoms with van der Waals surface area (Å²) in [6, 6.07) is 7.43. The van der Waals surface area contributed by atoms with Crippen LogP contribution in [0.5, 0.6) is 5.75 Å². The molecule has 1 aromatic rings. The molecule has 14 heavy (non-hydrogen) atoms. The van der Waals surface area contributed by atoms with E-state index >= 15 is 0 Å². The van der Waals surface area contributed by atoms with Crippen molar-refractivity contribution >= 4 is 5.97 Å². The molecular weight excluding hydrogens is 184 g/mol. The van der Waals surface area contributed by atoms with Gasteiger partial charge in [-0.15, -0.1) is 0 Å². The molecule has 0 N–H and O–H groups in total. The number of carbonyl (C=O) groups is 1. The van der Waals surface area contributed by atoms with Crippen molar-refractivity contribution in [1.82, 2.24) is 0 Å². The zero-order valence-electron chi connectivity index (χ0n) is 7.73. The fourth-order valence-electron chi connectivity index (χ4n) is 1.27. The van der Waals surface area contributed by atoms with E-state index in [0.717, 1.165) is 5.56 Å². The van der Waals surface area contributed by atoms with Gasteiger partial charge in [-0.2, -0.15) is 0 Å². The Kier molecular flexibility index (Phi) is 2.37. The molecule has 74 valence electrons. The Hall–Kier alpha value is -1.55. The number of esters is 1. The molecule has 0 fully saturated rings. The van der Waals surface area contributed by atoms with Gasteiger partial charge in [-0.1, -0.05) is 18.2 Å². The number of carbonyl (C=O) groups excluding carboxylic acids is 1. The van der Waals surface area contributed by atoms with E-state index in [1.807, 2.05) is 18.2 Å². The first-order valence-electron chi connectivity index (χ1n) is 4.25. The first-order valence-corrected chi connectivity index (χ1v) is 4.25. The van der Waals surface area contributed by atoms with Gasteiger partial charge in [0.05, 0.1) is 13.7 Å². The Morgan fingerprint density at radius 3 is 3.07 bits per heavy atom. The van der Waals surface area contributed by atoms with Gasteiger partial charge < -0.3 is 14.2 Å². The highest BCUT2D eigenvalue weighted by Gasteiger charge is 2.27. The van der Waals surface area contributed by atoms with Crippen LogP contribution in [0.4, 0.5) is 0 Å². The minimum Gasteiger partial charge on any atom is -0.464 e. The molecule has 1 aliphatic heterocycles. The first-order chi connectivity index (χ1) is 6.81. The third-order valence-corrected chi connectivity index (χ3v) is 1.99. The number of benzene rings is 1. The van der Waals surface area contributed by atoms with Gasteiger partial charge in [0.1, 0.15) is 5.75 Å². The van der Waals surface area contributed by atoms with Gasteiger partial charge in [0.25, 0.3) is 6.29 Å². The fourth-order valence-corrected chi connectivity index (χ4v) is 1.27. The van der Waals surface area contributed by atoms with Crippen molar-refractivity contribution in [3.63, 3.8) is 0 Å². The highest BCUT2D eigenvalue weighted by atomic mass is 16.7. The van der Waals surface area contributed by atoms with E-state index in [1.165, 1.54) is 7.11 Å². The Labute approximate surface area is 81.4 Å². The lowest BCUT2D eigenvalue weighted by Crippen LogP contribution is -2.34. The van der Waals surface area contributed by atoms with Crippen LogP contribution in [0.1, 0.15) is 5.56 Å². The molecule has 4 heteroatoms. The van der Waals surface area contributed by atoms with Crippen LogP contribution in [-0.4, -0.2) is 19.4 Å². The summed E-state index contributed by atoms with van der Waals surface area (Å²) in [5.41, 5.74) is 0.938. The zero-order chi connectivity index (χ0) is 9.97. The molecule has 0 bridgehead atoms. The van der Waals surface area contributed by atoms with E-state index in [0.29, 0.717) is 12.4 Å². The molecule has 0 spiro atoms. The van der Waals surface area contributed by atoms with E-state index in [2.05, 4.69) is 4.74 Å². The summed E-state index contributed by atoms with van der Waals surface area (Å²) >= 11 is 0. The lowest BCUT2D eigenvalue weighted by molar-refractivity contribution is -0.181. The summed E-state index contributed by atoms with van der Waals surface area (Å²) in [7, 11) is 1.30. The minimum atomic E-state index is -0.935. The summed E-state index contributed by atoms with van der Waals surface area (Å²) in [5, 5.41) is 0. The molecule has 0 amide bonds. The Morgan fingerprint density at radius 1 is 1.50 bits per heavy atom. The summed E-state index contributed by atoms with van der Waals surface area (Å²) in [5.74, 6) is 0.161. The smallest absolute Gasteiger partial charge is 0.376 e. The van der Waals surface area contributed by atoms with Crippen molar-refractivity contribution in [2.24, 2.45) is 0 Å². The molecular formula is C10H10O4. The first kappa shape index (κ1) is 9.02. The molecule has 0 aliphatic carbocycles. The summed E-state index contributed by atoms with van der Waals surface area (Å²) in [6.07, 6.45) is -0.935. The summed E-state index contributed by atoms with van der Waals surface area (Å²) in [6.45, 7) is 0.371. The number of fused-ring (bicyclic) bond motifs is 1. The van der Waals surface area contributed by atoms with Crippen LogP contribution in [0.3, 0.4) is 0 Å². The Morgan fingerprint density at radius 2 is 2.29 bits per heavy atom. The molecule has 0 saturated heterocycles. The van der Waals surface area contributed by atoms with Crippen LogP contribution in [0.2, 0.25) is 0 Å². The maximum atomic E-state index is 11.1. The van der Waals surface area contributed by atoms with Crippen molar-refractivity contribution in [2.45, 2.75) is 12.9 Å². The third kappa shape index (κ3) is 1.56. The standard InChI is InChI=1S/C10H10O4/c1-12-9(11)10-13-6-7-4-2-3-5-8(7)14-10/h2-5,10H,6H2,1H3. The summed E-state index contributed by atoms with van der Waals surface area (Å²) < 4.78 is 15.0. The van der Waals surface area contributed by atoms with Crippen LogP contribution >= 0.6 is 0 Å². The highest BCUT2D eigenvalue weighted by Crippen LogP contribution is 2.25. The second-order valence-corrected chi connectivity index (χ2v) is 2.89. The van der Waals surface area contributed by atoms with Crippen LogP contribution in [0.15, 0.2) is 24.3 Å². The molecule has 1 aromatic carbocycles. The van der Waals surface area contributed by atoms with Crippen LogP contribution < -0.4 is 4.74 Å². The molecule has 2 rings (SSSR count). The largest absolute Gasteiger partial charge is 0.464 e. The minimum absolute atomic E-state index is 0.371. The summed E-state index contributed by atoms with van der Waals surface area (Å²) in [4.78, 5) is 11.1. The lowest BCUT2D eigenvalue weighted by atomic mass is 10.2. The predicted molar refractivity (Wildman–Crippen MR) is 47.7 cm³/mol. The number of hydrogen-bond acceptors (Lipinski definition) is 4. The molecule has 1 atom stereocenters. The molecule has 1 aliphatic rings. The van der Waals surface area contributed by atoms with E-state index < -0.39 is 12.3 Å². The predicted octanol–water partition coefficient (Wildman–Crippen LogP) is 1.09. The zero-order valence-corrected chi connectivity index (χ0v) is 7.73. The lowest BCUT2D eigenvalue weighted by Gasteiger charge is -2.23. The average Bonchev–Trinajstić information content (AvgIpc) is 2.27. The maximum Gasteiger partial charge on any atom is 0.376 e. The SMILES string of the molecule is COC(=O)C1OCc2ccccc2O1. The Balaban J connectivity index is 2.17. The third-order valence-electron chi connectivity index (χ3n) is 1.99. The van der Waals surface area contributed by atoms with Crippen molar-refractivity contribution in [3.05, 3.63) is 29.8 Å². The van der Waals surface area contributed by atoms with Crippen LogP contribution in [-0.2, 0) is 20.9 Å². The topological polar surface area (TPSA) is 44.8 Å². The van der Waals surface area contributed by atoms with Gasteiger partial charge in [-0.25, -0.2) is 4.79 Å². The molecule has 1 heterocycles. The van der Waals surface area contributed by atoms with Gasteiger partial charge >= 0.3 is 5.97 Å². The fraction of sp³-hybridized carbons (Fsp3) is 0.300. The van der Waals surface area contributed by atoms with E-state index in [-0.39, 0.29) is 0 Å². The molecule has 4 nitrogen and oxygen atoms in total. The van der Waals surface area contributed by atoms with E-state index in [4.69, 9.17) is 9.47 Å². The van der Waals surface area contributed by atoms with Gasteiger partial charge in [0, 0.05) is 5.56 Å². The average molecular weight is 194 g/mol. The van der Waals surface area contributed by atoms with E-state index in [1.54, 1.807) is 6.07 Å². The number of rotatable bonds is 1. The monoisotopic (exact) mass is 194 g/mol.